The van der Waals surface area contributed by atoms with Crippen LogP contribution in [0.1, 0.15) is 18.4 Å². The van der Waals surface area contributed by atoms with E-state index >= 15 is 0 Å². The molecule has 2 heterocycles. The van der Waals surface area contributed by atoms with E-state index in [0.717, 1.165) is 17.7 Å². The molecule has 0 radical (unpaired) electrons. The average Bonchev–Trinajstić information content (AvgIpc) is 3.31. The lowest BCUT2D eigenvalue weighted by Gasteiger charge is -2.30. The third-order valence-corrected chi connectivity index (χ3v) is 5.59. The highest BCUT2D eigenvalue weighted by Crippen LogP contribution is 2.28. The summed E-state index contributed by atoms with van der Waals surface area (Å²) in [4.78, 5) is 30.0. The van der Waals surface area contributed by atoms with E-state index in [2.05, 4.69) is 15.5 Å². The van der Waals surface area contributed by atoms with Crippen molar-refractivity contribution in [1.29, 1.82) is 0 Å². The minimum absolute atomic E-state index is 0.0232. The van der Waals surface area contributed by atoms with Gasteiger partial charge in [-0.05, 0) is 50.1 Å². The lowest BCUT2D eigenvalue weighted by atomic mass is 9.97. The fourth-order valence-corrected chi connectivity index (χ4v) is 3.76. The fraction of sp³-hybridized carbons (Fsp3) is 0.318. The van der Waals surface area contributed by atoms with Gasteiger partial charge >= 0.3 is 6.01 Å². The van der Waals surface area contributed by atoms with E-state index in [1.807, 2.05) is 29.2 Å². The minimum Gasteiger partial charge on any atom is -0.497 e. The number of amides is 1. The number of rotatable bonds is 6. The van der Waals surface area contributed by atoms with Gasteiger partial charge in [-0.25, -0.2) is 0 Å². The van der Waals surface area contributed by atoms with Crippen molar-refractivity contribution in [2.24, 2.45) is 5.92 Å². The van der Waals surface area contributed by atoms with Gasteiger partial charge in [0, 0.05) is 24.7 Å². The average molecular weight is 437 g/mol. The van der Waals surface area contributed by atoms with Crippen LogP contribution in [-0.4, -0.2) is 41.2 Å². The predicted molar refractivity (Wildman–Crippen MR) is 118 cm³/mol. The predicted octanol–water partition coefficient (Wildman–Crippen LogP) is 3.82. The number of hydrogen-bond donors (Lipinski definition) is 1. The number of methoxy groups -OCH3 is 1. The Morgan fingerprint density at radius 2 is 2.06 bits per heavy atom. The number of anilines is 2. The number of carbonyl (C=O) groups is 1. The van der Waals surface area contributed by atoms with Crippen molar-refractivity contribution in [3.05, 3.63) is 58.1 Å². The SMILES string of the molecule is COc1ccc(-c2noc(N3CCC[C@@H](C(=O)Nc4cccc([N+](=O)[O-])c4C)C3)n2)cc1. The van der Waals surface area contributed by atoms with E-state index in [0.29, 0.717) is 42.6 Å². The van der Waals surface area contributed by atoms with Gasteiger partial charge in [0.25, 0.3) is 5.69 Å². The Balaban J connectivity index is 1.44. The number of aromatic nitrogens is 2. The molecule has 1 fully saturated rings. The van der Waals surface area contributed by atoms with Crippen molar-refractivity contribution in [3.8, 4) is 17.1 Å². The summed E-state index contributed by atoms with van der Waals surface area (Å²) in [5, 5.41) is 18.1. The number of nitro groups is 1. The van der Waals surface area contributed by atoms with Crippen LogP contribution in [0.4, 0.5) is 17.4 Å². The summed E-state index contributed by atoms with van der Waals surface area (Å²) >= 11 is 0. The molecule has 32 heavy (non-hydrogen) atoms. The van der Waals surface area contributed by atoms with E-state index in [9.17, 15) is 14.9 Å². The van der Waals surface area contributed by atoms with E-state index in [-0.39, 0.29) is 17.5 Å². The fourth-order valence-electron chi connectivity index (χ4n) is 3.76. The van der Waals surface area contributed by atoms with Gasteiger partial charge in [0.1, 0.15) is 5.75 Å². The van der Waals surface area contributed by atoms with Crippen LogP contribution in [0, 0.1) is 23.0 Å². The van der Waals surface area contributed by atoms with Crippen molar-refractivity contribution in [3.63, 3.8) is 0 Å². The molecular formula is C22H23N5O5. The summed E-state index contributed by atoms with van der Waals surface area (Å²) in [6.45, 7) is 2.74. The monoisotopic (exact) mass is 437 g/mol. The third kappa shape index (κ3) is 4.39. The number of carbonyl (C=O) groups excluding carboxylic acids is 1. The van der Waals surface area contributed by atoms with E-state index in [1.165, 1.54) is 6.07 Å². The van der Waals surface area contributed by atoms with Crippen molar-refractivity contribution in [1.82, 2.24) is 10.1 Å². The van der Waals surface area contributed by atoms with Crippen LogP contribution in [0.5, 0.6) is 5.75 Å². The Morgan fingerprint density at radius 3 is 2.78 bits per heavy atom. The lowest BCUT2D eigenvalue weighted by molar-refractivity contribution is -0.385. The zero-order valence-electron chi connectivity index (χ0n) is 17.8. The quantitative estimate of drug-likeness (QED) is 0.456. The number of nitrogens with zero attached hydrogens (tertiary/aromatic N) is 4. The van der Waals surface area contributed by atoms with Crippen molar-refractivity contribution >= 4 is 23.3 Å². The lowest BCUT2D eigenvalue weighted by Crippen LogP contribution is -2.41. The minimum atomic E-state index is -0.455. The molecule has 0 saturated carbocycles. The molecule has 10 heteroatoms. The Hall–Kier alpha value is -3.95. The highest BCUT2D eigenvalue weighted by Gasteiger charge is 2.29. The molecule has 1 aromatic heterocycles. The van der Waals surface area contributed by atoms with E-state index < -0.39 is 4.92 Å². The second kappa shape index (κ2) is 9.04. The van der Waals surface area contributed by atoms with Gasteiger partial charge < -0.3 is 19.5 Å². The van der Waals surface area contributed by atoms with Gasteiger partial charge in [-0.1, -0.05) is 11.2 Å². The molecule has 1 aliphatic heterocycles. The Kier molecular flexibility index (Phi) is 6.02. The van der Waals surface area contributed by atoms with E-state index in [4.69, 9.17) is 9.26 Å². The molecule has 0 spiro atoms. The highest BCUT2D eigenvalue weighted by molar-refractivity contribution is 5.94. The first-order valence-corrected chi connectivity index (χ1v) is 10.2. The molecule has 1 saturated heterocycles. The summed E-state index contributed by atoms with van der Waals surface area (Å²) in [5.41, 5.74) is 1.65. The summed E-state index contributed by atoms with van der Waals surface area (Å²) in [5.74, 6) is 0.703. The Morgan fingerprint density at radius 1 is 1.28 bits per heavy atom. The van der Waals surface area contributed by atoms with Crippen LogP contribution >= 0.6 is 0 Å². The van der Waals surface area contributed by atoms with Crippen LogP contribution in [0.25, 0.3) is 11.4 Å². The second-order valence-electron chi connectivity index (χ2n) is 7.61. The zero-order chi connectivity index (χ0) is 22.7. The highest BCUT2D eigenvalue weighted by atomic mass is 16.6. The number of ether oxygens (including phenoxy) is 1. The number of piperidine rings is 1. The molecular weight excluding hydrogens is 414 g/mol. The Labute approximate surface area is 184 Å². The molecule has 1 aliphatic rings. The van der Waals surface area contributed by atoms with Crippen molar-refractivity contribution in [2.75, 3.05) is 30.4 Å². The molecule has 166 valence electrons. The number of nitrogens with one attached hydrogen (secondary N) is 1. The van der Waals surface area contributed by atoms with Crippen LogP contribution in [0.15, 0.2) is 47.0 Å². The first kappa shape index (κ1) is 21.3. The van der Waals surface area contributed by atoms with Gasteiger partial charge in [-0.3, -0.25) is 14.9 Å². The maximum absolute atomic E-state index is 12.9. The van der Waals surface area contributed by atoms with Crippen LogP contribution in [0.2, 0.25) is 0 Å². The number of benzene rings is 2. The maximum atomic E-state index is 12.9. The van der Waals surface area contributed by atoms with Gasteiger partial charge in [-0.15, -0.1) is 0 Å². The molecule has 0 aliphatic carbocycles. The largest absolute Gasteiger partial charge is 0.497 e. The summed E-state index contributed by atoms with van der Waals surface area (Å²) in [7, 11) is 1.60. The zero-order valence-corrected chi connectivity index (χ0v) is 17.8. The molecule has 1 amide bonds. The van der Waals surface area contributed by atoms with Crippen molar-refractivity contribution in [2.45, 2.75) is 19.8 Å². The van der Waals surface area contributed by atoms with Crippen LogP contribution < -0.4 is 15.0 Å². The molecule has 4 rings (SSSR count). The van der Waals surface area contributed by atoms with E-state index in [1.54, 1.807) is 26.2 Å². The molecule has 2 aromatic carbocycles. The summed E-state index contributed by atoms with van der Waals surface area (Å²) in [6, 6.07) is 12.4. The van der Waals surface area contributed by atoms with Crippen LogP contribution in [0.3, 0.4) is 0 Å². The van der Waals surface area contributed by atoms with Gasteiger partial charge in [-0.2, -0.15) is 4.98 Å². The van der Waals surface area contributed by atoms with Crippen LogP contribution in [-0.2, 0) is 4.79 Å². The number of nitro benzene ring substituents is 1. The molecule has 1 atom stereocenters. The maximum Gasteiger partial charge on any atom is 0.324 e. The number of hydrogen-bond acceptors (Lipinski definition) is 8. The van der Waals surface area contributed by atoms with Gasteiger partial charge in [0.05, 0.1) is 29.2 Å². The Bertz CT molecular complexity index is 1130. The third-order valence-electron chi connectivity index (χ3n) is 5.59. The van der Waals surface area contributed by atoms with Crippen molar-refractivity contribution < 1.29 is 19.0 Å². The second-order valence-corrected chi connectivity index (χ2v) is 7.61. The molecule has 10 nitrogen and oxygen atoms in total. The topological polar surface area (TPSA) is 124 Å². The summed E-state index contributed by atoms with van der Waals surface area (Å²) in [6.07, 6.45) is 1.49. The normalized spacial score (nSPS) is 15.9. The smallest absolute Gasteiger partial charge is 0.324 e. The molecule has 3 aromatic rings. The molecule has 0 bridgehead atoms. The standard InChI is InChI=1S/C22H23N5O5/c1-14-18(6-3-7-19(14)27(29)30)23-21(28)16-5-4-12-26(13-16)22-24-20(25-32-22)15-8-10-17(31-2)11-9-15/h3,6-11,16H,4-5,12-13H2,1-2H3,(H,23,28)/t16-/m1/s1. The van der Waals surface area contributed by atoms with Gasteiger partial charge in [0.2, 0.25) is 11.7 Å². The molecule has 0 unspecified atom stereocenters. The van der Waals surface area contributed by atoms with Gasteiger partial charge in [0.15, 0.2) is 0 Å². The first-order chi connectivity index (χ1) is 15.5. The molecule has 1 N–H and O–H groups in total. The first-order valence-electron chi connectivity index (χ1n) is 10.2. The summed E-state index contributed by atoms with van der Waals surface area (Å²) < 4.78 is 10.6.